The first kappa shape index (κ1) is 8.91. The van der Waals surface area contributed by atoms with Crippen molar-refractivity contribution in [1.29, 1.82) is 0 Å². The van der Waals surface area contributed by atoms with Crippen LogP contribution in [0.2, 0.25) is 0 Å². The van der Waals surface area contributed by atoms with Crippen LogP contribution in [0.4, 0.5) is 0 Å². The van der Waals surface area contributed by atoms with Crippen LogP contribution in [0.15, 0.2) is 0 Å². The molecule has 0 amide bonds. The molecule has 0 radical (unpaired) electrons. The Labute approximate surface area is 62.4 Å². The predicted octanol–water partition coefficient (Wildman–Crippen LogP) is 0.573. The zero-order chi connectivity index (χ0) is 7.28. The molecule has 54 valence electrons. The number of carboxylic acids is 1. The van der Waals surface area contributed by atoms with Crippen molar-refractivity contribution >= 4 is 21.9 Å². The van der Waals surface area contributed by atoms with Gasteiger partial charge in [-0.3, -0.25) is 4.79 Å². The van der Waals surface area contributed by atoms with E-state index < -0.39 is 5.97 Å². The highest BCUT2D eigenvalue weighted by Crippen LogP contribution is 1.96. The fraction of sp³-hybridized carbons (Fsp3) is 0.800. The van der Waals surface area contributed by atoms with Gasteiger partial charge < -0.3 is 10.8 Å². The molecule has 4 heteroatoms. The summed E-state index contributed by atoms with van der Waals surface area (Å²) in [5, 5.41) is 8.85. The van der Waals surface area contributed by atoms with E-state index in [2.05, 4.69) is 15.9 Å². The Morgan fingerprint density at radius 1 is 1.78 bits per heavy atom. The number of hydrogen-bond donors (Lipinski definition) is 2. The maximum absolute atomic E-state index is 9.95. The summed E-state index contributed by atoms with van der Waals surface area (Å²) < 4.78 is 0. The number of nitrogens with two attached hydrogens (primary N) is 1. The van der Waals surface area contributed by atoms with Gasteiger partial charge in [-0.15, -0.1) is 0 Å². The van der Waals surface area contributed by atoms with Gasteiger partial charge in [0.05, 0.1) is 0 Å². The van der Waals surface area contributed by atoms with Crippen molar-refractivity contribution in [1.82, 2.24) is 0 Å². The van der Waals surface area contributed by atoms with E-state index in [4.69, 9.17) is 10.8 Å². The molecule has 3 nitrogen and oxygen atoms in total. The monoisotopic (exact) mass is 195 g/mol. The Balaban J connectivity index is 3.16. The first-order valence-corrected chi connectivity index (χ1v) is 3.82. The van der Waals surface area contributed by atoms with Gasteiger partial charge in [0.1, 0.15) is 0 Å². The summed E-state index contributed by atoms with van der Waals surface area (Å²) in [4.78, 5) is 9.95. The molecule has 0 unspecified atom stereocenters. The fourth-order valence-electron chi connectivity index (χ4n) is 0.386. The van der Waals surface area contributed by atoms with Crippen LogP contribution in [0.1, 0.15) is 12.8 Å². The third kappa shape index (κ3) is 5.79. The highest BCUT2D eigenvalue weighted by Gasteiger charge is 2.02. The average molecular weight is 196 g/mol. The Kier molecular flexibility index (Phi) is 4.71. The Morgan fingerprint density at radius 2 is 2.33 bits per heavy atom. The molecule has 9 heavy (non-hydrogen) atoms. The average Bonchev–Trinajstić information content (AvgIpc) is 1.83. The van der Waals surface area contributed by atoms with E-state index in [1.54, 1.807) is 0 Å². The Hall–Kier alpha value is -0.0900. The van der Waals surface area contributed by atoms with E-state index in [9.17, 15) is 4.79 Å². The minimum atomic E-state index is -0.786. The van der Waals surface area contributed by atoms with Gasteiger partial charge in [-0.25, -0.2) is 0 Å². The molecule has 0 aromatic carbocycles. The summed E-state index contributed by atoms with van der Waals surface area (Å²) in [7, 11) is 0. The highest BCUT2D eigenvalue weighted by atomic mass is 79.9. The lowest BCUT2D eigenvalue weighted by atomic mass is 10.2. The van der Waals surface area contributed by atoms with E-state index >= 15 is 0 Å². The predicted molar refractivity (Wildman–Crippen MR) is 38.6 cm³/mol. The number of alkyl halides is 1. The van der Waals surface area contributed by atoms with Crippen LogP contribution in [0.5, 0.6) is 0 Å². The summed E-state index contributed by atoms with van der Waals surface area (Å²) in [6.45, 7) is 0. The molecule has 0 heterocycles. The second kappa shape index (κ2) is 4.76. The van der Waals surface area contributed by atoms with E-state index in [1.165, 1.54) is 0 Å². The van der Waals surface area contributed by atoms with Gasteiger partial charge >= 0.3 is 5.97 Å². The van der Waals surface area contributed by atoms with Crippen molar-refractivity contribution in [2.45, 2.75) is 18.9 Å². The SMILES string of the molecule is N[C@H](CBr)CCC(=O)O. The summed E-state index contributed by atoms with van der Waals surface area (Å²) in [6, 6.07) is -0.0268. The van der Waals surface area contributed by atoms with Crippen LogP contribution in [0, 0.1) is 0 Å². The zero-order valence-electron chi connectivity index (χ0n) is 5.01. The molecule has 0 spiro atoms. The van der Waals surface area contributed by atoms with Gasteiger partial charge in [-0.2, -0.15) is 0 Å². The van der Waals surface area contributed by atoms with Gasteiger partial charge in [0.15, 0.2) is 0 Å². The molecule has 0 saturated carbocycles. The topological polar surface area (TPSA) is 63.3 Å². The lowest BCUT2D eigenvalue weighted by Crippen LogP contribution is -2.22. The molecular formula is C5H10BrNO2. The van der Waals surface area contributed by atoms with Gasteiger partial charge in [0, 0.05) is 17.8 Å². The number of carbonyl (C=O) groups is 1. The molecule has 3 N–H and O–H groups in total. The lowest BCUT2D eigenvalue weighted by Gasteiger charge is -2.02. The molecule has 0 bridgehead atoms. The van der Waals surface area contributed by atoms with Crippen molar-refractivity contribution in [3.05, 3.63) is 0 Å². The first-order valence-electron chi connectivity index (χ1n) is 2.70. The van der Waals surface area contributed by atoms with Crippen molar-refractivity contribution in [2.75, 3.05) is 5.33 Å². The van der Waals surface area contributed by atoms with E-state index in [-0.39, 0.29) is 12.5 Å². The third-order valence-electron chi connectivity index (χ3n) is 0.927. The number of hydrogen-bond acceptors (Lipinski definition) is 2. The molecule has 0 aromatic rings. The van der Waals surface area contributed by atoms with Gasteiger partial charge in [0.2, 0.25) is 0 Å². The summed E-state index contributed by atoms with van der Waals surface area (Å²) >= 11 is 3.15. The molecule has 0 rings (SSSR count). The third-order valence-corrected chi connectivity index (χ3v) is 1.76. The van der Waals surface area contributed by atoms with E-state index in [0.717, 1.165) is 0 Å². The quantitative estimate of drug-likeness (QED) is 0.646. The van der Waals surface area contributed by atoms with E-state index in [1.807, 2.05) is 0 Å². The minimum Gasteiger partial charge on any atom is -0.481 e. The summed E-state index contributed by atoms with van der Waals surface area (Å²) in [5.41, 5.74) is 5.41. The van der Waals surface area contributed by atoms with Crippen LogP contribution in [0.25, 0.3) is 0 Å². The van der Waals surface area contributed by atoms with Crippen LogP contribution in [0.3, 0.4) is 0 Å². The molecule has 0 aliphatic heterocycles. The summed E-state index contributed by atoms with van der Waals surface area (Å²) in [5.74, 6) is -0.786. The first-order chi connectivity index (χ1) is 4.16. The van der Waals surface area contributed by atoms with Crippen LogP contribution >= 0.6 is 15.9 Å². The maximum atomic E-state index is 9.95. The molecule has 0 saturated heterocycles. The second-order valence-corrected chi connectivity index (χ2v) is 2.49. The molecule has 0 fully saturated rings. The summed E-state index contributed by atoms with van der Waals surface area (Å²) in [6.07, 6.45) is 0.702. The van der Waals surface area contributed by atoms with Crippen molar-refractivity contribution in [2.24, 2.45) is 5.73 Å². The van der Waals surface area contributed by atoms with Crippen LogP contribution in [-0.2, 0) is 4.79 Å². The molecule has 0 aliphatic carbocycles. The van der Waals surface area contributed by atoms with Gasteiger partial charge in [-0.1, -0.05) is 15.9 Å². The Morgan fingerprint density at radius 3 is 2.67 bits per heavy atom. The van der Waals surface area contributed by atoms with Gasteiger partial charge in [-0.05, 0) is 6.42 Å². The lowest BCUT2D eigenvalue weighted by molar-refractivity contribution is -0.137. The molecule has 0 aliphatic rings. The maximum Gasteiger partial charge on any atom is 0.303 e. The zero-order valence-corrected chi connectivity index (χ0v) is 6.60. The second-order valence-electron chi connectivity index (χ2n) is 1.85. The fourth-order valence-corrected chi connectivity index (χ4v) is 0.710. The highest BCUT2D eigenvalue weighted by molar-refractivity contribution is 9.09. The van der Waals surface area contributed by atoms with Crippen LogP contribution < -0.4 is 5.73 Å². The molecular weight excluding hydrogens is 186 g/mol. The van der Waals surface area contributed by atoms with Crippen LogP contribution in [-0.4, -0.2) is 22.4 Å². The van der Waals surface area contributed by atoms with Crippen molar-refractivity contribution in [3.63, 3.8) is 0 Å². The van der Waals surface area contributed by atoms with Crippen molar-refractivity contribution in [3.8, 4) is 0 Å². The smallest absolute Gasteiger partial charge is 0.303 e. The van der Waals surface area contributed by atoms with Gasteiger partial charge in [0.25, 0.3) is 0 Å². The number of rotatable bonds is 4. The number of carboxylic acid groups (broad SMARTS) is 1. The molecule has 1 atom stereocenters. The largest absolute Gasteiger partial charge is 0.481 e. The number of aliphatic carboxylic acids is 1. The van der Waals surface area contributed by atoms with Crippen molar-refractivity contribution < 1.29 is 9.90 Å². The normalized spacial score (nSPS) is 13.1. The standard InChI is InChI=1S/C5H10BrNO2/c6-3-4(7)1-2-5(8)9/h4H,1-3,7H2,(H,8,9)/t4-/m0/s1. The number of halogens is 1. The molecule has 0 aromatic heterocycles. The van der Waals surface area contributed by atoms with E-state index in [0.29, 0.717) is 11.8 Å². The minimum absolute atomic E-state index is 0.0268. The Bertz CT molecular complexity index is 97.0.